The number of ether oxygens (including phenoxy) is 2. The van der Waals surface area contributed by atoms with Crippen molar-refractivity contribution >= 4 is 17.5 Å². The van der Waals surface area contributed by atoms with Crippen LogP contribution in [0, 0.1) is 0 Å². The van der Waals surface area contributed by atoms with Gasteiger partial charge in [-0.2, -0.15) is 0 Å². The zero-order valence-corrected chi connectivity index (χ0v) is 22.6. The molecule has 0 bridgehead atoms. The number of hydrogen-bond donors (Lipinski definition) is 2. The molecule has 0 saturated heterocycles. The van der Waals surface area contributed by atoms with E-state index in [1.54, 1.807) is 19.2 Å². The van der Waals surface area contributed by atoms with Crippen molar-refractivity contribution in [1.29, 1.82) is 0 Å². The third-order valence-corrected chi connectivity index (χ3v) is 7.67. The third-order valence-electron chi connectivity index (χ3n) is 7.32. The van der Waals surface area contributed by atoms with Crippen molar-refractivity contribution in [2.45, 2.75) is 64.2 Å². The number of nitrogens with one attached hydrogen (secondary N) is 2. The predicted octanol–water partition coefficient (Wildman–Crippen LogP) is 6.19. The molecular weight excluding hydrogens is 464 g/mol. The maximum Gasteiger partial charge on any atom is 0.291 e. The number of hydrogen-bond acceptors (Lipinski definition) is 5. The van der Waals surface area contributed by atoms with E-state index in [4.69, 9.17) is 25.5 Å². The molecule has 0 radical (unpaired) electrons. The molecule has 7 heteroatoms. The van der Waals surface area contributed by atoms with Gasteiger partial charge in [-0.3, -0.25) is 4.79 Å². The fourth-order valence-electron chi connectivity index (χ4n) is 4.68. The molecule has 0 fully saturated rings. The summed E-state index contributed by atoms with van der Waals surface area (Å²) in [7, 11) is 4.62. The maximum atomic E-state index is 12.9. The summed E-state index contributed by atoms with van der Waals surface area (Å²) in [6.45, 7) is 13.0. The summed E-state index contributed by atoms with van der Waals surface area (Å²) in [4.78, 5) is 12.9. The monoisotopic (exact) mass is 500 g/mol. The van der Waals surface area contributed by atoms with E-state index >= 15 is 0 Å². The highest BCUT2D eigenvalue weighted by Crippen LogP contribution is 2.49. The quantitative estimate of drug-likeness (QED) is 0.317. The van der Waals surface area contributed by atoms with Gasteiger partial charge in [-0.05, 0) is 65.0 Å². The summed E-state index contributed by atoms with van der Waals surface area (Å²) < 4.78 is 16.4. The van der Waals surface area contributed by atoms with Gasteiger partial charge < -0.3 is 24.5 Å². The molecule has 6 nitrogen and oxygen atoms in total. The van der Waals surface area contributed by atoms with E-state index < -0.39 is 5.91 Å². The van der Waals surface area contributed by atoms with Crippen LogP contribution < -0.4 is 10.6 Å². The molecule has 0 spiro atoms. The van der Waals surface area contributed by atoms with E-state index in [0.29, 0.717) is 23.8 Å². The van der Waals surface area contributed by atoms with E-state index in [0.717, 1.165) is 29.8 Å². The Morgan fingerprint density at radius 2 is 1.86 bits per heavy atom. The van der Waals surface area contributed by atoms with E-state index in [9.17, 15) is 4.79 Å². The number of furan rings is 1. The van der Waals surface area contributed by atoms with Crippen molar-refractivity contribution in [3.05, 3.63) is 81.4 Å². The molecule has 35 heavy (non-hydrogen) atoms. The minimum absolute atomic E-state index is 0.0798. The van der Waals surface area contributed by atoms with Gasteiger partial charge in [0.2, 0.25) is 5.88 Å². The number of carbonyl (C=O) groups excluding carboxylic acids is 1. The average Bonchev–Trinajstić information content (AvgIpc) is 3.31. The second-order valence-corrected chi connectivity index (χ2v) is 10.4. The van der Waals surface area contributed by atoms with E-state index in [1.165, 1.54) is 25.3 Å². The van der Waals surface area contributed by atoms with Gasteiger partial charge in [0.25, 0.3) is 5.91 Å². The van der Waals surface area contributed by atoms with Crippen LogP contribution in [0.2, 0.25) is 5.02 Å². The molecule has 1 aromatic carbocycles. The molecule has 2 aromatic rings. The van der Waals surface area contributed by atoms with Crippen molar-refractivity contribution in [3.8, 4) is 0 Å². The van der Waals surface area contributed by atoms with Gasteiger partial charge in [0.05, 0.1) is 14.2 Å². The first kappa shape index (κ1) is 26.7. The zero-order valence-electron chi connectivity index (χ0n) is 21.9. The van der Waals surface area contributed by atoms with Crippen molar-refractivity contribution in [3.63, 3.8) is 0 Å². The molecule has 0 aliphatic heterocycles. The van der Waals surface area contributed by atoms with Gasteiger partial charge in [0.1, 0.15) is 17.2 Å². The van der Waals surface area contributed by atoms with Crippen molar-refractivity contribution in [2.24, 2.45) is 0 Å². The number of fused-ring (bicyclic) bond motifs is 1. The minimum Gasteiger partial charge on any atom is -0.495 e. The summed E-state index contributed by atoms with van der Waals surface area (Å²) >= 11 is 6.77. The zero-order chi connectivity index (χ0) is 26.0. The van der Waals surface area contributed by atoms with Crippen LogP contribution in [0.5, 0.6) is 0 Å². The van der Waals surface area contributed by atoms with Gasteiger partial charge in [0.15, 0.2) is 5.76 Å². The van der Waals surface area contributed by atoms with Crippen molar-refractivity contribution in [1.82, 2.24) is 10.6 Å². The van der Waals surface area contributed by atoms with Gasteiger partial charge >= 0.3 is 0 Å². The second kappa shape index (κ2) is 10.4. The van der Waals surface area contributed by atoms with Gasteiger partial charge in [0, 0.05) is 18.5 Å². The Morgan fingerprint density at radius 3 is 2.46 bits per heavy atom. The first-order valence-corrected chi connectivity index (χ1v) is 12.3. The topological polar surface area (TPSA) is 72.7 Å². The van der Waals surface area contributed by atoms with Crippen LogP contribution in [0.15, 0.2) is 52.6 Å². The highest BCUT2D eigenvalue weighted by Gasteiger charge is 2.39. The van der Waals surface area contributed by atoms with Gasteiger partial charge in [-0.15, -0.1) is 0 Å². The normalized spacial score (nSPS) is 19.3. The van der Waals surface area contributed by atoms with Crippen LogP contribution in [0.25, 0.3) is 0 Å². The number of rotatable bonds is 9. The molecule has 1 aliphatic rings. The van der Waals surface area contributed by atoms with Crippen molar-refractivity contribution in [2.75, 3.05) is 21.3 Å². The van der Waals surface area contributed by atoms with Gasteiger partial charge in [-0.25, -0.2) is 0 Å². The smallest absolute Gasteiger partial charge is 0.291 e. The Bertz CT molecular complexity index is 1140. The Labute approximate surface area is 213 Å². The van der Waals surface area contributed by atoms with Crippen LogP contribution in [0.1, 0.15) is 80.0 Å². The minimum atomic E-state index is -0.439. The molecule has 1 heterocycles. The number of carbonyl (C=O) groups is 1. The summed E-state index contributed by atoms with van der Waals surface area (Å²) in [5.41, 5.74) is 4.19. The maximum absolute atomic E-state index is 12.9. The highest BCUT2D eigenvalue weighted by atomic mass is 35.5. The van der Waals surface area contributed by atoms with Crippen LogP contribution in [-0.4, -0.2) is 27.2 Å². The standard InChI is InChI=1S/C28H37ClN2O4/c1-9-28(5)13-12-27(3,4)20-15-18(22(29)16-21(20)28)14-19-10-11-23(35-19)25(32)31-24(17(2)33-7)26(30-6)34-8/h10-11,15-16,30H,2,9,12-14H2,1,3-8H3,(H,31,32)/b26-24-. The fourth-order valence-corrected chi connectivity index (χ4v) is 4.91. The average molecular weight is 501 g/mol. The molecule has 1 aliphatic carbocycles. The van der Waals surface area contributed by atoms with Crippen molar-refractivity contribution < 1.29 is 18.7 Å². The lowest BCUT2D eigenvalue weighted by Crippen LogP contribution is -2.35. The molecule has 1 unspecified atom stereocenters. The molecule has 3 rings (SSSR count). The molecule has 1 atom stereocenters. The van der Waals surface area contributed by atoms with Crippen LogP contribution in [0.3, 0.4) is 0 Å². The Hall–Kier alpha value is -2.86. The Balaban J connectivity index is 1.87. The number of halogens is 1. The predicted molar refractivity (Wildman–Crippen MR) is 140 cm³/mol. The fraction of sp³-hybridized carbons (Fsp3) is 0.464. The summed E-state index contributed by atoms with van der Waals surface area (Å²) in [5, 5.41) is 6.34. The van der Waals surface area contributed by atoms with E-state index in [-0.39, 0.29) is 22.3 Å². The van der Waals surface area contributed by atoms with E-state index in [1.807, 2.05) is 0 Å². The molecule has 190 valence electrons. The van der Waals surface area contributed by atoms with Crippen LogP contribution >= 0.6 is 11.6 Å². The van der Waals surface area contributed by atoms with Gasteiger partial charge in [-0.1, -0.05) is 51.9 Å². The lowest BCUT2D eigenvalue weighted by Gasteiger charge is -2.43. The number of amides is 1. The van der Waals surface area contributed by atoms with Crippen LogP contribution in [-0.2, 0) is 26.7 Å². The Morgan fingerprint density at radius 1 is 1.14 bits per heavy atom. The second-order valence-electron chi connectivity index (χ2n) is 9.97. The molecular formula is C28H37ClN2O4. The number of benzene rings is 1. The largest absolute Gasteiger partial charge is 0.495 e. The number of methoxy groups -OCH3 is 2. The lowest BCUT2D eigenvalue weighted by molar-refractivity contribution is 0.0929. The lowest BCUT2D eigenvalue weighted by atomic mass is 9.61. The SMILES string of the molecule is C=C(OC)/C(NC(=O)c1ccc(Cc2cc3c(cc2Cl)C(C)(CC)CCC3(C)C)o1)=C(\NC)OC. The van der Waals surface area contributed by atoms with Crippen LogP contribution in [0.4, 0.5) is 0 Å². The summed E-state index contributed by atoms with van der Waals surface area (Å²) in [6, 6.07) is 7.82. The third kappa shape index (κ3) is 5.37. The molecule has 1 aromatic heterocycles. The summed E-state index contributed by atoms with van der Waals surface area (Å²) in [6.07, 6.45) is 3.85. The Kier molecular flexibility index (Phi) is 7.95. The summed E-state index contributed by atoms with van der Waals surface area (Å²) in [5.74, 6) is 0.950. The molecule has 1 amide bonds. The first-order valence-electron chi connectivity index (χ1n) is 11.9. The molecule has 2 N–H and O–H groups in total. The first-order chi connectivity index (χ1) is 16.5. The van der Waals surface area contributed by atoms with E-state index in [2.05, 4.69) is 57.0 Å². The highest BCUT2D eigenvalue weighted by molar-refractivity contribution is 6.31. The molecule has 0 saturated carbocycles.